The van der Waals surface area contributed by atoms with E-state index < -0.39 is 6.10 Å². The highest BCUT2D eigenvalue weighted by Gasteiger charge is 2.19. The molecule has 72 heavy (non-hydrogen) atoms. The summed E-state index contributed by atoms with van der Waals surface area (Å²) in [5, 5.41) is 0. The molecule has 0 saturated heterocycles. The molecule has 6 heteroatoms. The van der Waals surface area contributed by atoms with Gasteiger partial charge in [0.25, 0.3) is 0 Å². The van der Waals surface area contributed by atoms with E-state index in [9.17, 15) is 14.4 Å². The number of rotatable bonds is 55. The fourth-order valence-electron chi connectivity index (χ4n) is 8.54. The number of carbonyl (C=O) groups is 3. The van der Waals surface area contributed by atoms with Gasteiger partial charge in [-0.1, -0.05) is 260 Å². The smallest absolute Gasteiger partial charge is 0.306 e. The van der Waals surface area contributed by atoms with Crippen LogP contribution in [0.4, 0.5) is 0 Å². The van der Waals surface area contributed by atoms with Crippen LogP contribution in [0.15, 0.2) is 85.1 Å². The van der Waals surface area contributed by atoms with Crippen molar-refractivity contribution in [1.82, 2.24) is 0 Å². The number of hydrogen-bond donors (Lipinski definition) is 0. The van der Waals surface area contributed by atoms with Crippen LogP contribution in [0.3, 0.4) is 0 Å². The molecule has 0 saturated carbocycles. The third-order valence-corrected chi connectivity index (χ3v) is 13.1. The van der Waals surface area contributed by atoms with Crippen LogP contribution in [-0.2, 0) is 28.6 Å². The lowest BCUT2D eigenvalue weighted by atomic mass is 10.1. The van der Waals surface area contributed by atoms with E-state index >= 15 is 0 Å². The molecule has 6 nitrogen and oxygen atoms in total. The summed E-state index contributed by atoms with van der Waals surface area (Å²) in [5.41, 5.74) is 0. The Labute approximate surface area is 445 Å². The molecule has 0 N–H and O–H groups in total. The van der Waals surface area contributed by atoms with E-state index in [2.05, 4.69) is 99.8 Å². The van der Waals surface area contributed by atoms with Crippen molar-refractivity contribution in [2.45, 2.75) is 303 Å². The first-order valence-electron chi connectivity index (χ1n) is 30.6. The summed E-state index contributed by atoms with van der Waals surface area (Å²) in [7, 11) is 0. The zero-order chi connectivity index (χ0) is 52.2. The van der Waals surface area contributed by atoms with Crippen LogP contribution in [0.25, 0.3) is 0 Å². The van der Waals surface area contributed by atoms with Crippen molar-refractivity contribution >= 4 is 17.9 Å². The van der Waals surface area contributed by atoms with Crippen LogP contribution in [-0.4, -0.2) is 37.2 Å². The highest BCUT2D eigenvalue weighted by molar-refractivity contribution is 5.71. The van der Waals surface area contributed by atoms with Gasteiger partial charge < -0.3 is 14.2 Å². The molecule has 0 radical (unpaired) electrons. The Bertz CT molecular complexity index is 1380. The van der Waals surface area contributed by atoms with Crippen molar-refractivity contribution in [3.05, 3.63) is 85.1 Å². The van der Waals surface area contributed by atoms with Gasteiger partial charge in [0.2, 0.25) is 0 Å². The normalized spacial score (nSPS) is 12.7. The summed E-state index contributed by atoms with van der Waals surface area (Å²) < 4.78 is 16.8. The lowest BCUT2D eigenvalue weighted by Crippen LogP contribution is -2.30. The zero-order valence-electron chi connectivity index (χ0n) is 47.4. The Morgan fingerprint density at radius 2 is 0.569 bits per heavy atom. The molecule has 0 aliphatic heterocycles. The topological polar surface area (TPSA) is 78.9 Å². The Balaban J connectivity index is 4.46. The molecule has 0 aliphatic carbocycles. The molecule has 0 aromatic rings. The van der Waals surface area contributed by atoms with E-state index in [-0.39, 0.29) is 37.5 Å². The van der Waals surface area contributed by atoms with Gasteiger partial charge in [0.1, 0.15) is 13.2 Å². The quantitative estimate of drug-likeness (QED) is 0.0261. The number of esters is 3. The van der Waals surface area contributed by atoms with Gasteiger partial charge in [0.15, 0.2) is 6.10 Å². The molecule has 0 amide bonds. The number of ether oxygens (including phenoxy) is 3. The van der Waals surface area contributed by atoms with Gasteiger partial charge in [0, 0.05) is 19.3 Å². The average Bonchev–Trinajstić information content (AvgIpc) is 3.38. The van der Waals surface area contributed by atoms with Gasteiger partial charge in [-0.3, -0.25) is 14.4 Å². The fraction of sp³-hybridized carbons (Fsp3) is 0.742. The predicted octanol–water partition coefficient (Wildman–Crippen LogP) is 20.7. The maximum Gasteiger partial charge on any atom is 0.306 e. The van der Waals surface area contributed by atoms with Gasteiger partial charge in [-0.25, -0.2) is 0 Å². The molecule has 0 bridgehead atoms. The highest BCUT2D eigenvalue weighted by atomic mass is 16.6. The minimum absolute atomic E-state index is 0.103. The zero-order valence-corrected chi connectivity index (χ0v) is 47.4. The van der Waals surface area contributed by atoms with Crippen molar-refractivity contribution in [1.29, 1.82) is 0 Å². The first-order valence-corrected chi connectivity index (χ1v) is 30.6. The average molecular weight is 1000 g/mol. The summed E-state index contributed by atoms with van der Waals surface area (Å²) in [6, 6.07) is 0. The Kier molecular flexibility index (Phi) is 57.3. The first kappa shape index (κ1) is 68.6. The standard InChI is InChI=1S/C66H114O6/c1-4-7-10-13-16-19-22-25-28-31-33-35-38-41-44-47-50-53-56-59-65(68)71-62-63(61-70-64(67)58-55-52-49-46-43-40-37-30-27-24-21-18-15-12-9-6-3)72-66(69)60-57-54-51-48-45-42-39-36-34-32-29-26-23-20-17-14-11-8-5-2/h9,12,18,21,27,30-34,40,43,49,52,63H,4-8,10-11,13-17,19-20,22-26,28-29,35-39,41-42,44-48,50-51,53-62H2,1-3H3/b12-9-,21-18-,30-27-,33-31-,34-32-,43-40-,52-49-. The lowest BCUT2D eigenvalue weighted by Gasteiger charge is -2.18. The molecular weight excluding hydrogens is 889 g/mol. The Hall–Kier alpha value is -3.41. The van der Waals surface area contributed by atoms with Crippen molar-refractivity contribution in [2.75, 3.05) is 13.2 Å². The van der Waals surface area contributed by atoms with Crippen LogP contribution in [0.2, 0.25) is 0 Å². The molecule has 0 aliphatic rings. The van der Waals surface area contributed by atoms with Crippen molar-refractivity contribution < 1.29 is 28.6 Å². The molecule has 0 aromatic carbocycles. The van der Waals surface area contributed by atoms with Crippen LogP contribution in [0.1, 0.15) is 297 Å². The summed E-state index contributed by atoms with van der Waals surface area (Å²) in [5.74, 6) is -0.989. The van der Waals surface area contributed by atoms with Gasteiger partial charge in [0.05, 0.1) is 0 Å². The summed E-state index contributed by atoms with van der Waals surface area (Å²) in [6.07, 6.45) is 78.8. The molecule has 0 rings (SSSR count). The molecule has 0 aromatic heterocycles. The SMILES string of the molecule is CC/C=C\C/C=C\C/C=C\C/C=C\C/C=C\CCC(=O)OCC(COC(=O)CCCCCCCCC/C=C\CCCCCCCCCC)OC(=O)CCCCCCCCC/C=C\CCCCCCCCCC. The number of allylic oxidation sites excluding steroid dienone is 14. The summed E-state index contributed by atoms with van der Waals surface area (Å²) in [4.78, 5) is 38.2. The molecule has 1 atom stereocenters. The second-order valence-electron chi connectivity index (χ2n) is 20.2. The third-order valence-electron chi connectivity index (χ3n) is 13.1. The molecule has 0 fully saturated rings. The maximum atomic E-state index is 12.9. The summed E-state index contributed by atoms with van der Waals surface area (Å²) >= 11 is 0. The molecule has 1 unspecified atom stereocenters. The van der Waals surface area contributed by atoms with E-state index in [1.165, 1.54) is 180 Å². The van der Waals surface area contributed by atoms with Crippen LogP contribution in [0.5, 0.6) is 0 Å². The third kappa shape index (κ3) is 57.5. The Morgan fingerprint density at radius 1 is 0.292 bits per heavy atom. The largest absolute Gasteiger partial charge is 0.462 e. The van der Waals surface area contributed by atoms with Crippen LogP contribution in [0, 0.1) is 0 Å². The fourth-order valence-corrected chi connectivity index (χ4v) is 8.54. The predicted molar refractivity (Wildman–Crippen MR) is 311 cm³/mol. The van der Waals surface area contributed by atoms with Gasteiger partial charge in [-0.15, -0.1) is 0 Å². The number of carbonyl (C=O) groups excluding carboxylic acids is 3. The first-order chi connectivity index (χ1) is 35.5. The van der Waals surface area contributed by atoms with Gasteiger partial charge >= 0.3 is 17.9 Å². The minimum Gasteiger partial charge on any atom is -0.462 e. The molecule has 0 heterocycles. The highest BCUT2D eigenvalue weighted by Crippen LogP contribution is 2.15. The number of unbranched alkanes of at least 4 members (excludes halogenated alkanes) is 30. The number of hydrogen-bond acceptors (Lipinski definition) is 6. The van der Waals surface area contributed by atoms with E-state index in [4.69, 9.17) is 14.2 Å². The molecular formula is C66H114O6. The second-order valence-corrected chi connectivity index (χ2v) is 20.2. The second kappa shape index (κ2) is 60.1. The van der Waals surface area contributed by atoms with Crippen molar-refractivity contribution in [3.8, 4) is 0 Å². The van der Waals surface area contributed by atoms with Gasteiger partial charge in [-0.05, 0) is 103 Å². The van der Waals surface area contributed by atoms with Crippen molar-refractivity contribution in [2.24, 2.45) is 0 Å². The van der Waals surface area contributed by atoms with E-state index in [0.29, 0.717) is 19.3 Å². The summed E-state index contributed by atoms with van der Waals surface area (Å²) in [6.45, 7) is 6.48. The Morgan fingerprint density at radius 3 is 0.931 bits per heavy atom. The van der Waals surface area contributed by atoms with E-state index in [0.717, 1.165) is 70.6 Å². The minimum atomic E-state index is -0.812. The monoisotopic (exact) mass is 1000 g/mol. The van der Waals surface area contributed by atoms with Gasteiger partial charge in [-0.2, -0.15) is 0 Å². The van der Waals surface area contributed by atoms with Crippen LogP contribution >= 0.6 is 0 Å². The van der Waals surface area contributed by atoms with Crippen molar-refractivity contribution in [3.63, 3.8) is 0 Å². The lowest BCUT2D eigenvalue weighted by molar-refractivity contribution is -0.166. The molecule has 414 valence electrons. The van der Waals surface area contributed by atoms with E-state index in [1.54, 1.807) is 0 Å². The maximum absolute atomic E-state index is 12.9. The van der Waals surface area contributed by atoms with E-state index in [1.807, 2.05) is 6.08 Å². The molecule has 0 spiro atoms. The van der Waals surface area contributed by atoms with Crippen LogP contribution < -0.4 is 0 Å².